The van der Waals surface area contributed by atoms with Gasteiger partial charge in [-0.3, -0.25) is 4.79 Å². The lowest BCUT2D eigenvalue weighted by molar-refractivity contribution is -0.145. The highest BCUT2D eigenvalue weighted by Crippen LogP contribution is 2.42. The molecule has 22 heavy (non-hydrogen) atoms. The summed E-state index contributed by atoms with van der Waals surface area (Å²) in [6.45, 7) is 5.96. The Morgan fingerprint density at radius 1 is 1.32 bits per heavy atom. The van der Waals surface area contributed by atoms with Crippen molar-refractivity contribution in [2.75, 3.05) is 44.8 Å². The first-order valence-electron chi connectivity index (χ1n) is 8.04. The first-order valence-corrected chi connectivity index (χ1v) is 8.86. The van der Waals surface area contributed by atoms with Gasteiger partial charge in [-0.2, -0.15) is 0 Å². The number of rotatable bonds is 5. The maximum absolute atomic E-state index is 12.9. The summed E-state index contributed by atoms with van der Waals surface area (Å²) in [6, 6.07) is 0. The lowest BCUT2D eigenvalue weighted by Gasteiger charge is -2.39. The number of carbonyl (C=O) groups excluding carboxylic acids is 1. The molecule has 1 amide bonds. The molecule has 1 spiro atoms. The molecule has 6 nitrogen and oxygen atoms in total. The van der Waals surface area contributed by atoms with Crippen molar-refractivity contribution in [2.24, 2.45) is 5.41 Å². The number of hydrogen-bond donors (Lipinski definition) is 0. The van der Waals surface area contributed by atoms with Gasteiger partial charge in [-0.1, -0.05) is 18.3 Å². The van der Waals surface area contributed by atoms with Crippen LogP contribution in [0.2, 0.25) is 0 Å². The van der Waals surface area contributed by atoms with Crippen LogP contribution in [0.4, 0.5) is 5.13 Å². The molecule has 0 aliphatic carbocycles. The van der Waals surface area contributed by atoms with E-state index >= 15 is 0 Å². The summed E-state index contributed by atoms with van der Waals surface area (Å²) in [6.07, 6.45) is 3.92. The van der Waals surface area contributed by atoms with E-state index in [0.717, 1.165) is 55.5 Å². The largest absolute Gasteiger partial charge is 0.383 e. The summed E-state index contributed by atoms with van der Waals surface area (Å²) in [5.74, 6) is 0.304. The highest BCUT2D eigenvalue weighted by atomic mass is 32.1. The first kappa shape index (κ1) is 15.7. The van der Waals surface area contributed by atoms with Gasteiger partial charge in [0.15, 0.2) is 0 Å². The van der Waals surface area contributed by atoms with Gasteiger partial charge in [-0.05, 0) is 25.7 Å². The zero-order valence-corrected chi connectivity index (χ0v) is 14.2. The summed E-state index contributed by atoms with van der Waals surface area (Å²) in [4.78, 5) is 17.1. The van der Waals surface area contributed by atoms with E-state index in [1.54, 1.807) is 18.4 Å². The number of amides is 1. The van der Waals surface area contributed by atoms with Crippen molar-refractivity contribution in [2.45, 2.75) is 32.6 Å². The molecule has 7 heteroatoms. The summed E-state index contributed by atoms with van der Waals surface area (Å²) in [5.41, 5.74) is -0.218. The fraction of sp³-hybridized carbons (Fsp3) is 0.800. The van der Waals surface area contributed by atoms with Gasteiger partial charge in [0.2, 0.25) is 11.0 Å². The van der Waals surface area contributed by atoms with Crippen LogP contribution >= 0.6 is 11.3 Å². The second-order valence-electron chi connectivity index (χ2n) is 6.17. The maximum atomic E-state index is 12.9. The molecule has 0 aromatic carbocycles. The molecule has 0 saturated carbocycles. The van der Waals surface area contributed by atoms with Crippen LogP contribution in [0.25, 0.3) is 0 Å². The molecular formula is C15H24N4O2S. The number of aromatic nitrogens is 2. The summed E-state index contributed by atoms with van der Waals surface area (Å²) in [5, 5.41) is 10.5. The smallest absolute Gasteiger partial charge is 0.230 e. The Balaban J connectivity index is 1.70. The molecule has 3 rings (SSSR count). The average molecular weight is 324 g/mol. The number of likely N-dealkylation sites (tertiary alicyclic amines) is 1. The van der Waals surface area contributed by atoms with Crippen molar-refractivity contribution >= 4 is 22.4 Å². The SMILES string of the molecule is CCc1nnc(N2CC[C@@]3(CCCN(CCOC)C3=O)C2)s1. The van der Waals surface area contributed by atoms with Gasteiger partial charge in [0.25, 0.3) is 0 Å². The minimum Gasteiger partial charge on any atom is -0.383 e. The number of hydrogen-bond acceptors (Lipinski definition) is 6. The van der Waals surface area contributed by atoms with Gasteiger partial charge in [0.1, 0.15) is 5.01 Å². The van der Waals surface area contributed by atoms with Crippen LogP contribution in [0.15, 0.2) is 0 Å². The topological polar surface area (TPSA) is 58.6 Å². The third-order valence-corrected chi connectivity index (χ3v) is 5.90. The molecule has 0 N–H and O–H groups in total. The predicted octanol–water partition coefficient (Wildman–Crippen LogP) is 1.57. The lowest BCUT2D eigenvalue weighted by Crippen LogP contribution is -2.50. The van der Waals surface area contributed by atoms with Gasteiger partial charge in [0, 0.05) is 33.3 Å². The van der Waals surface area contributed by atoms with Crippen LogP contribution in [0.3, 0.4) is 0 Å². The van der Waals surface area contributed by atoms with Crippen molar-refractivity contribution in [1.82, 2.24) is 15.1 Å². The monoisotopic (exact) mass is 324 g/mol. The number of ether oxygens (including phenoxy) is 1. The van der Waals surface area contributed by atoms with E-state index < -0.39 is 0 Å². The number of methoxy groups -OCH3 is 1. The molecule has 1 aromatic heterocycles. The number of anilines is 1. The molecule has 2 saturated heterocycles. The van der Waals surface area contributed by atoms with Gasteiger partial charge >= 0.3 is 0 Å². The van der Waals surface area contributed by atoms with Crippen molar-refractivity contribution < 1.29 is 9.53 Å². The van der Waals surface area contributed by atoms with Gasteiger partial charge < -0.3 is 14.5 Å². The molecular weight excluding hydrogens is 300 g/mol. The fourth-order valence-electron chi connectivity index (χ4n) is 3.50. The predicted molar refractivity (Wildman–Crippen MR) is 86.2 cm³/mol. The standard InChI is InChI=1S/C15H24N4O2S/c1-3-12-16-17-14(22-12)19-8-6-15(11-19)5-4-7-18(13(15)20)9-10-21-2/h3-11H2,1-2H3/t15-/m0/s1. The van der Waals surface area contributed by atoms with Crippen LogP contribution in [-0.2, 0) is 16.0 Å². The minimum atomic E-state index is -0.218. The first-order chi connectivity index (χ1) is 10.7. The molecule has 3 heterocycles. The van der Waals surface area contributed by atoms with E-state index in [0.29, 0.717) is 19.1 Å². The summed E-state index contributed by atoms with van der Waals surface area (Å²) >= 11 is 1.65. The Morgan fingerprint density at radius 2 is 2.18 bits per heavy atom. The molecule has 122 valence electrons. The van der Waals surface area contributed by atoms with Crippen molar-refractivity contribution in [3.63, 3.8) is 0 Å². The second-order valence-corrected chi connectivity index (χ2v) is 7.21. The Morgan fingerprint density at radius 3 is 2.91 bits per heavy atom. The van der Waals surface area contributed by atoms with Gasteiger partial charge in [-0.25, -0.2) is 0 Å². The molecule has 2 fully saturated rings. The van der Waals surface area contributed by atoms with E-state index in [2.05, 4.69) is 22.0 Å². The van der Waals surface area contributed by atoms with Crippen LogP contribution in [-0.4, -0.2) is 60.9 Å². The van der Waals surface area contributed by atoms with Gasteiger partial charge in [0.05, 0.1) is 12.0 Å². The van der Waals surface area contributed by atoms with Crippen molar-refractivity contribution in [3.05, 3.63) is 5.01 Å². The Bertz CT molecular complexity index is 535. The maximum Gasteiger partial charge on any atom is 0.230 e. The van der Waals surface area contributed by atoms with Crippen LogP contribution < -0.4 is 4.90 Å². The quantitative estimate of drug-likeness (QED) is 0.823. The van der Waals surface area contributed by atoms with E-state index in [-0.39, 0.29) is 5.41 Å². The third-order valence-electron chi connectivity index (χ3n) is 4.77. The van der Waals surface area contributed by atoms with Crippen LogP contribution in [0, 0.1) is 5.41 Å². The average Bonchev–Trinajstić information content (AvgIpc) is 3.16. The third kappa shape index (κ3) is 2.84. The fourth-order valence-corrected chi connectivity index (χ4v) is 4.30. The van der Waals surface area contributed by atoms with E-state index in [9.17, 15) is 4.79 Å². The molecule has 1 aromatic rings. The highest BCUT2D eigenvalue weighted by Gasteiger charge is 2.48. The van der Waals surface area contributed by atoms with E-state index in [1.165, 1.54) is 0 Å². The van der Waals surface area contributed by atoms with Crippen LogP contribution in [0.5, 0.6) is 0 Å². The van der Waals surface area contributed by atoms with Crippen molar-refractivity contribution in [1.29, 1.82) is 0 Å². The Kier molecular flexibility index (Phi) is 4.63. The summed E-state index contributed by atoms with van der Waals surface area (Å²) < 4.78 is 5.13. The van der Waals surface area contributed by atoms with Gasteiger partial charge in [-0.15, -0.1) is 10.2 Å². The lowest BCUT2D eigenvalue weighted by atomic mass is 9.78. The number of aryl methyl sites for hydroxylation is 1. The molecule has 1 atom stereocenters. The minimum absolute atomic E-state index is 0.218. The van der Waals surface area contributed by atoms with Crippen molar-refractivity contribution in [3.8, 4) is 0 Å². The Labute approximate surface area is 135 Å². The van der Waals surface area contributed by atoms with Crippen LogP contribution in [0.1, 0.15) is 31.2 Å². The highest BCUT2D eigenvalue weighted by molar-refractivity contribution is 7.15. The molecule has 0 radical (unpaired) electrons. The Hall–Kier alpha value is -1.21. The molecule has 0 bridgehead atoms. The molecule has 0 unspecified atom stereocenters. The van der Waals surface area contributed by atoms with E-state index in [1.807, 2.05) is 4.90 Å². The number of piperidine rings is 1. The number of carbonyl (C=O) groups is 1. The molecule has 2 aliphatic rings. The number of nitrogens with zero attached hydrogens (tertiary/aromatic N) is 4. The normalized spacial score (nSPS) is 25.5. The molecule has 2 aliphatic heterocycles. The zero-order valence-electron chi connectivity index (χ0n) is 13.4. The summed E-state index contributed by atoms with van der Waals surface area (Å²) in [7, 11) is 1.68. The zero-order chi connectivity index (χ0) is 15.6. The van der Waals surface area contributed by atoms with E-state index in [4.69, 9.17) is 4.74 Å². The second kappa shape index (κ2) is 6.50.